The number of nitrogens with one attached hydrogen (secondary N) is 1. The molecular formula is C17H15N3O2. The third kappa shape index (κ3) is 3.20. The highest BCUT2D eigenvalue weighted by Crippen LogP contribution is 2.20. The molecule has 0 saturated carbocycles. The fraction of sp³-hybridized carbons (Fsp3) is 0.118. The summed E-state index contributed by atoms with van der Waals surface area (Å²) in [6.45, 7) is 2.33. The van der Waals surface area contributed by atoms with Crippen molar-refractivity contribution < 1.29 is 9.32 Å². The molecule has 0 fully saturated rings. The number of hydrogen-bond donors (Lipinski definition) is 1. The smallest absolute Gasteiger partial charge is 0.270 e. The molecule has 22 heavy (non-hydrogen) atoms. The Kier molecular flexibility index (Phi) is 3.96. The second kappa shape index (κ2) is 6.22. The van der Waals surface area contributed by atoms with E-state index in [0.29, 0.717) is 23.7 Å². The first-order chi connectivity index (χ1) is 10.7. The Balaban J connectivity index is 1.65. The second-order valence-corrected chi connectivity index (χ2v) is 4.95. The normalized spacial score (nSPS) is 10.4. The van der Waals surface area contributed by atoms with Gasteiger partial charge in [0.2, 0.25) is 0 Å². The molecule has 0 atom stereocenters. The van der Waals surface area contributed by atoms with E-state index in [4.69, 9.17) is 4.52 Å². The summed E-state index contributed by atoms with van der Waals surface area (Å²) in [6, 6.07) is 15.0. The van der Waals surface area contributed by atoms with E-state index in [-0.39, 0.29) is 5.91 Å². The predicted octanol–water partition coefficient (Wildman–Crippen LogP) is 2.98. The minimum Gasteiger partial charge on any atom is -0.356 e. The first-order valence-electron chi connectivity index (χ1n) is 6.94. The second-order valence-electron chi connectivity index (χ2n) is 4.95. The minimum absolute atomic E-state index is 0.236. The lowest BCUT2D eigenvalue weighted by molar-refractivity contribution is 0.0945. The van der Waals surface area contributed by atoms with E-state index in [9.17, 15) is 4.79 Å². The summed E-state index contributed by atoms with van der Waals surface area (Å²) in [6.07, 6.45) is 1.58. The Labute approximate surface area is 128 Å². The predicted molar refractivity (Wildman–Crippen MR) is 82.1 cm³/mol. The third-order valence-corrected chi connectivity index (χ3v) is 3.22. The molecule has 2 heterocycles. The first-order valence-corrected chi connectivity index (χ1v) is 6.94. The van der Waals surface area contributed by atoms with Crippen LogP contribution in [0.3, 0.4) is 0 Å². The van der Waals surface area contributed by atoms with Gasteiger partial charge in [0.25, 0.3) is 5.91 Å². The Bertz CT molecular complexity index is 764. The van der Waals surface area contributed by atoms with Gasteiger partial charge in [-0.2, -0.15) is 0 Å². The van der Waals surface area contributed by atoms with Gasteiger partial charge in [-0.3, -0.25) is 9.78 Å². The SMILES string of the molecule is Cc1ccc(-c2cc(CNC(=O)c3ccccn3)no2)cc1. The Morgan fingerprint density at radius 3 is 2.73 bits per heavy atom. The molecule has 0 spiro atoms. The molecule has 0 aliphatic carbocycles. The number of amides is 1. The summed E-state index contributed by atoms with van der Waals surface area (Å²) in [7, 11) is 0. The number of hydrogen-bond acceptors (Lipinski definition) is 4. The Morgan fingerprint density at radius 1 is 1.18 bits per heavy atom. The summed E-state index contributed by atoms with van der Waals surface area (Å²) in [5.41, 5.74) is 3.19. The van der Waals surface area contributed by atoms with E-state index in [1.807, 2.05) is 37.3 Å². The van der Waals surface area contributed by atoms with Gasteiger partial charge < -0.3 is 9.84 Å². The summed E-state index contributed by atoms with van der Waals surface area (Å²) in [5.74, 6) is 0.447. The van der Waals surface area contributed by atoms with Gasteiger partial charge in [-0.15, -0.1) is 0 Å². The molecule has 1 amide bonds. The Morgan fingerprint density at radius 2 is 2.00 bits per heavy atom. The minimum atomic E-state index is -0.236. The average Bonchev–Trinajstić information content (AvgIpc) is 3.03. The van der Waals surface area contributed by atoms with Crippen molar-refractivity contribution in [3.05, 3.63) is 71.7 Å². The summed E-state index contributed by atoms with van der Waals surface area (Å²) < 4.78 is 5.31. The van der Waals surface area contributed by atoms with Gasteiger partial charge in [0.15, 0.2) is 5.76 Å². The number of carbonyl (C=O) groups excluding carboxylic acids is 1. The number of aromatic nitrogens is 2. The number of nitrogens with zero attached hydrogens (tertiary/aromatic N) is 2. The van der Waals surface area contributed by atoms with Crippen molar-refractivity contribution in [1.29, 1.82) is 0 Å². The van der Waals surface area contributed by atoms with E-state index in [1.54, 1.807) is 24.4 Å². The summed E-state index contributed by atoms with van der Waals surface area (Å²) in [5, 5.41) is 6.74. The highest BCUT2D eigenvalue weighted by Gasteiger charge is 2.09. The van der Waals surface area contributed by atoms with Gasteiger partial charge in [-0.05, 0) is 19.1 Å². The molecule has 5 nitrogen and oxygen atoms in total. The van der Waals surface area contributed by atoms with Crippen molar-refractivity contribution in [2.24, 2.45) is 0 Å². The van der Waals surface area contributed by atoms with Crippen molar-refractivity contribution in [2.45, 2.75) is 13.5 Å². The van der Waals surface area contributed by atoms with Crippen LogP contribution < -0.4 is 5.32 Å². The fourth-order valence-corrected chi connectivity index (χ4v) is 2.01. The van der Waals surface area contributed by atoms with E-state index >= 15 is 0 Å². The molecule has 0 radical (unpaired) electrons. The maximum Gasteiger partial charge on any atom is 0.270 e. The first kappa shape index (κ1) is 14.0. The van der Waals surface area contributed by atoms with Crippen LogP contribution in [-0.4, -0.2) is 16.0 Å². The van der Waals surface area contributed by atoms with E-state index in [2.05, 4.69) is 15.5 Å². The number of carbonyl (C=O) groups is 1. The maximum absolute atomic E-state index is 11.9. The molecule has 110 valence electrons. The van der Waals surface area contributed by atoms with E-state index < -0.39 is 0 Å². The lowest BCUT2D eigenvalue weighted by Gasteiger charge is -2.01. The summed E-state index contributed by atoms with van der Waals surface area (Å²) >= 11 is 0. The van der Waals surface area contributed by atoms with Crippen molar-refractivity contribution in [3.8, 4) is 11.3 Å². The van der Waals surface area contributed by atoms with Gasteiger partial charge in [-0.1, -0.05) is 41.1 Å². The zero-order valence-corrected chi connectivity index (χ0v) is 12.1. The van der Waals surface area contributed by atoms with Crippen LogP contribution in [0.25, 0.3) is 11.3 Å². The molecule has 3 rings (SSSR count). The lowest BCUT2D eigenvalue weighted by Crippen LogP contribution is -2.23. The van der Waals surface area contributed by atoms with Crippen LogP contribution in [0.15, 0.2) is 59.3 Å². The highest BCUT2D eigenvalue weighted by atomic mass is 16.5. The van der Waals surface area contributed by atoms with Gasteiger partial charge in [0.1, 0.15) is 11.4 Å². The molecule has 0 aliphatic heterocycles. The van der Waals surface area contributed by atoms with Crippen LogP contribution in [0.1, 0.15) is 21.7 Å². The monoisotopic (exact) mass is 293 g/mol. The molecule has 2 aromatic heterocycles. The van der Waals surface area contributed by atoms with Crippen LogP contribution in [0.5, 0.6) is 0 Å². The van der Waals surface area contributed by atoms with Crippen LogP contribution in [-0.2, 0) is 6.54 Å². The van der Waals surface area contributed by atoms with Crippen LogP contribution in [0.4, 0.5) is 0 Å². The zero-order chi connectivity index (χ0) is 15.4. The number of pyridine rings is 1. The van der Waals surface area contributed by atoms with E-state index in [1.165, 1.54) is 5.56 Å². The third-order valence-electron chi connectivity index (χ3n) is 3.22. The topological polar surface area (TPSA) is 68.0 Å². The molecule has 0 aliphatic rings. The average molecular weight is 293 g/mol. The molecule has 1 aromatic carbocycles. The van der Waals surface area contributed by atoms with Crippen molar-refractivity contribution in [2.75, 3.05) is 0 Å². The van der Waals surface area contributed by atoms with Crippen LogP contribution >= 0.6 is 0 Å². The number of rotatable bonds is 4. The standard InChI is InChI=1S/C17H15N3O2/c1-12-5-7-13(8-6-12)16-10-14(20-22-16)11-19-17(21)15-4-2-3-9-18-15/h2-10H,11H2,1H3,(H,19,21). The highest BCUT2D eigenvalue weighted by molar-refractivity contribution is 5.92. The van der Waals surface area contributed by atoms with Gasteiger partial charge >= 0.3 is 0 Å². The zero-order valence-electron chi connectivity index (χ0n) is 12.1. The molecule has 3 aromatic rings. The summed E-state index contributed by atoms with van der Waals surface area (Å²) in [4.78, 5) is 15.9. The molecule has 5 heteroatoms. The van der Waals surface area contributed by atoms with Crippen molar-refractivity contribution in [3.63, 3.8) is 0 Å². The lowest BCUT2D eigenvalue weighted by atomic mass is 10.1. The molecule has 0 bridgehead atoms. The fourth-order valence-electron chi connectivity index (χ4n) is 2.01. The van der Waals surface area contributed by atoms with Gasteiger partial charge in [0.05, 0.1) is 6.54 Å². The maximum atomic E-state index is 11.9. The van der Waals surface area contributed by atoms with Crippen molar-refractivity contribution in [1.82, 2.24) is 15.5 Å². The Hall–Kier alpha value is -2.95. The van der Waals surface area contributed by atoms with Crippen molar-refractivity contribution >= 4 is 5.91 Å². The number of aryl methyl sites for hydroxylation is 1. The van der Waals surface area contributed by atoms with Crippen LogP contribution in [0.2, 0.25) is 0 Å². The molecular weight excluding hydrogens is 278 g/mol. The van der Waals surface area contributed by atoms with Crippen LogP contribution in [0, 0.1) is 6.92 Å². The van der Waals surface area contributed by atoms with E-state index in [0.717, 1.165) is 5.56 Å². The number of benzene rings is 1. The molecule has 1 N–H and O–H groups in total. The van der Waals surface area contributed by atoms with Gasteiger partial charge in [0, 0.05) is 17.8 Å². The largest absolute Gasteiger partial charge is 0.356 e. The quantitative estimate of drug-likeness (QED) is 0.803. The van der Waals surface area contributed by atoms with Gasteiger partial charge in [-0.25, -0.2) is 0 Å². The molecule has 0 unspecified atom stereocenters. The molecule has 0 saturated heterocycles.